The first kappa shape index (κ1) is 18.4. The number of nitrogens with one attached hydrogen (secondary N) is 1. The Hall–Kier alpha value is -2.60. The molecule has 2 amide bonds. The Bertz CT molecular complexity index is 962. The quantitative estimate of drug-likeness (QED) is 0.642. The summed E-state index contributed by atoms with van der Waals surface area (Å²) in [5.41, 5.74) is 3.70. The molecule has 1 aromatic carbocycles. The number of rotatable bonds is 6. The average Bonchev–Trinajstić information content (AvgIpc) is 3.29. The van der Waals surface area contributed by atoms with Gasteiger partial charge in [0, 0.05) is 22.2 Å². The van der Waals surface area contributed by atoms with Crippen LogP contribution in [0.3, 0.4) is 0 Å². The molecular weight excluding hydrogens is 380 g/mol. The molecule has 1 N–H and O–H groups in total. The zero-order valence-corrected chi connectivity index (χ0v) is 17.3. The molecule has 5 nitrogen and oxygen atoms in total. The number of hydrogen-bond donors (Lipinski definition) is 1. The lowest BCUT2D eigenvalue weighted by molar-refractivity contribution is 0.187. The number of thiophene rings is 1. The highest BCUT2D eigenvalue weighted by Gasteiger charge is 2.35. The van der Waals surface area contributed by atoms with Crippen LogP contribution in [0.1, 0.15) is 53.4 Å². The van der Waals surface area contributed by atoms with Crippen LogP contribution >= 0.6 is 11.3 Å². The number of aromatic nitrogens is 2. The number of carbonyl (C=O) groups excluding carboxylic acids is 1. The Balaban J connectivity index is 1.31. The lowest BCUT2D eigenvalue weighted by Gasteiger charge is -2.28. The molecule has 0 spiro atoms. The van der Waals surface area contributed by atoms with Gasteiger partial charge in [0.05, 0.1) is 25.3 Å². The van der Waals surface area contributed by atoms with Crippen molar-refractivity contribution in [2.45, 2.75) is 57.3 Å². The molecule has 0 bridgehead atoms. The monoisotopic (exact) mass is 406 g/mol. The topological polar surface area (TPSA) is 50.2 Å². The molecule has 5 rings (SSSR count). The van der Waals surface area contributed by atoms with E-state index in [1.807, 2.05) is 17.2 Å². The third-order valence-corrected chi connectivity index (χ3v) is 6.75. The van der Waals surface area contributed by atoms with Crippen molar-refractivity contribution in [3.05, 3.63) is 75.7 Å². The standard InChI is InChI=1S/C23H26N4OS/c28-23(26(18-11-12-18)16-19-8-5-13-29-19)25-21-9-4-10-22-20(21)14-24-27(22)15-17-6-2-1-3-7-17/h1-3,5-8,13-14,18,21H,4,9-12,15-16H2,(H,25,28). The molecule has 2 aromatic heterocycles. The van der Waals surface area contributed by atoms with E-state index < -0.39 is 0 Å². The number of urea groups is 1. The number of hydrogen-bond acceptors (Lipinski definition) is 3. The fourth-order valence-electron chi connectivity index (χ4n) is 4.22. The number of carbonyl (C=O) groups is 1. The highest BCUT2D eigenvalue weighted by Crippen LogP contribution is 2.33. The van der Waals surface area contributed by atoms with Crippen molar-refractivity contribution < 1.29 is 4.79 Å². The number of nitrogens with zero attached hydrogens (tertiary/aromatic N) is 3. The first-order valence-corrected chi connectivity index (χ1v) is 11.3. The predicted octanol–water partition coefficient (Wildman–Crippen LogP) is 4.74. The van der Waals surface area contributed by atoms with E-state index in [0.29, 0.717) is 12.6 Å². The van der Waals surface area contributed by atoms with Crippen LogP contribution in [0, 0.1) is 0 Å². The number of fused-ring (bicyclic) bond motifs is 1. The molecule has 1 unspecified atom stereocenters. The van der Waals surface area contributed by atoms with E-state index in [1.54, 1.807) is 11.3 Å². The minimum Gasteiger partial charge on any atom is -0.331 e. The molecule has 2 aliphatic rings. The summed E-state index contributed by atoms with van der Waals surface area (Å²) < 4.78 is 2.10. The summed E-state index contributed by atoms with van der Waals surface area (Å²) in [5.74, 6) is 0. The molecule has 2 heterocycles. The molecule has 2 aliphatic carbocycles. The van der Waals surface area contributed by atoms with Gasteiger partial charge in [-0.1, -0.05) is 36.4 Å². The molecule has 0 radical (unpaired) electrons. The van der Waals surface area contributed by atoms with Crippen LogP contribution in [0.5, 0.6) is 0 Å². The Morgan fingerprint density at radius 2 is 2.03 bits per heavy atom. The van der Waals surface area contributed by atoms with E-state index >= 15 is 0 Å². The molecular formula is C23H26N4OS. The van der Waals surface area contributed by atoms with E-state index in [0.717, 1.165) is 38.6 Å². The summed E-state index contributed by atoms with van der Waals surface area (Å²) in [6, 6.07) is 15.1. The van der Waals surface area contributed by atoms with Crippen molar-refractivity contribution in [3.63, 3.8) is 0 Å². The summed E-state index contributed by atoms with van der Waals surface area (Å²) in [6.07, 6.45) is 7.27. The van der Waals surface area contributed by atoms with E-state index in [4.69, 9.17) is 0 Å². The SMILES string of the molecule is O=C(NC1CCCc2c1cnn2Cc1ccccc1)N(Cc1cccs1)C1CC1. The van der Waals surface area contributed by atoms with Gasteiger partial charge in [0.2, 0.25) is 0 Å². The maximum atomic E-state index is 13.1. The number of benzene rings is 1. The van der Waals surface area contributed by atoms with Crippen LogP contribution in [-0.4, -0.2) is 26.8 Å². The van der Waals surface area contributed by atoms with E-state index in [-0.39, 0.29) is 12.1 Å². The second-order valence-electron chi connectivity index (χ2n) is 8.02. The Morgan fingerprint density at radius 3 is 2.79 bits per heavy atom. The lowest BCUT2D eigenvalue weighted by atomic mass is 9.93. The van der Waals surface area contributed by atoms with Crippen molar-refractivity contribution in [1.82, 2.24) is 20.0 Å². The van der Waals surface area contributed by atoms with Crippen LogP contribution in [0.2, 0.25) is 0 Å². The molecule has 29 heavy (non-hydrogen) atoms. The maximum absolute atomic E-state index is 13.1. The van der Waals surface area contributed by atoms with Gasteiger partial charge in [0.15, 0.2) is 0 Å². The fourth-order valence-corrected chi connectivity index (χ4v) is 4.92. The second-order valence-corrected chi connectivity index (χ2v) is 9.05. The fraction of sp³-hybridized carbons (Fsp3) is 0.391. The van der Waals surface area contributed by atoms with Crippen LogP contribution < -0.4 is 5.32 Å². The van der Waals surface area contributed by atoms with Crippen molar-refractivity contribution in [3.8, 4) is 0 Å². The van der Waals surface area contributed by atoms with Gasteiger partial charge in [0.25, 0.3) is 0 Å². The molecule has 1 atom stereocenters. The van der Waals surface area contributed by atoms with Gasteiger partial charge in [-0.05, 0) is 49.1 Å². The van der Waals surface area contributed by atoms with E-state index in [9.17, 15) is 4.79 Å². The molecule has 1 saturated carbocycles. The highest BCUT2D eigenvalue weighted by atomic mass is 32.1. The molecule has 6 heteroatoms. The van der Waals surface area contributed by atoms with Gasteiger partial charge < -0.3 is 10.2 Å². The summed E-state index contributed by atoms with van der Waals surface area (Å²) in [4.78, 5) is 16.4. The smallest absolute Gasteiger partial charge is 0.318 e. The Morgan fingerprint density at radius 1 is 1.17 bits per heavy atom. The zero-order chi connectivity index (χ0) is 19.6. The van der Waals surface area contributed by atoms with Crippen molar-refractivity contribution >= 4 is 17.4 Å². The average molecular weight is 407 g/mol. The minimum absolute atomic E-state index is 0.0559. The van der Waals surface area contributed by atoms with Gasteiger partial charge >= 0.3 is 6.03 Å². The van der Waals surface area contributed by atoms with Crippen molar-refractivity contribution in [2.75, 3.05) is 0 Å². The van der Waals surface area contributed by atoms with Gasteiger partial charge in [-0.3, -0.25) is 4.68 Å². The Labute approximate surface area is 175 Å². The molecule has 0 aliphatic heterocycles. The molecule has 0 saturated heterocycles. The van der Waals surface area contributed by atoms with Gasteiger partial charge in [-0.25, -0.2) is 4.79 Å². The summed E-state index contributed by atoms with van der Waals surface area (Å²) in [6.45, 7) is 1.49. The first-order valence-electron chi connectivity index (χ1n) is 10.5. The van der Waals surface area contributed by atoms with Gasteiger partial charge in [-0.15, -0.1) is 11.3 Å². The second kappa shape index (κ2) is 8.03. The molecule has 3 aromatic rings. The van der Waals surface area contributed by atoms with Crippen molar-refractivity contribution in [2.24, 2.45) is 0 Å². The summed E-state index contributed by atoms with van der Waals surface area (Å²) in [5, 5.41) is 10.1. The van der Waals surface area contributed by atoms with Gasteiger partial charge in [-0.2, -0.15) is 5.10 Å². The van der Waals surface area contributed by atoms with Crippen LogP contribution in [0.25, 0.3) is 0 Å². The normalized spacial score (nSPS) is 18.3. The molecule has 1 fully saturated rings. The van der Waals surface area contributed by atoms with Gasteiger partial charge in [0.1, 0.15) is 0 Å². The Kier molecular flexibility index (Phi) is 5.10. The summed E-state index contributed by atoms with van der Waals surface area (Å²) >= 11 is 1.72. The number of amides is 2. The predicted molar refractivity (Wildman–Crippen MR) is 115 cm³/mol. The maximum Gasteiger partial charge on any atom is 0.318 e. The highest BCUT2D eigenvalue weighted by molar-refractivity contribution is 7.09. The summed E-state index contributed by atoms with van der Waals surface area (Å²) in [7, 11) is 0. The largest absolute Gasteiger partial charge is 0.331 e. The van der Waals surface area contributed by atoms with Crippen LogP contribution in [-0.2, 0) is 19.5 Å². The molecule has 150 valence electrons. The first-order chi connectivity index (χ1) is 14.3. The lowest BCUT2D eigenvalue weighted by Crippen LogP contribution is -2.43. The van der Waals surface area contributed by atoms with E-state index in [1.165, 1.54) is 21.7 Å². The third-order valence-electron chi connectivity index (χ3n) is 5.89. The van der Waals surface area contributed by atoms with Crippen molar-refractivity contribution in [1.29, 1.82) is 0 Å². The van der Waals surface area contributed by atoms with E-state index in [2.05, 4.69) is 56.9 Å². The van der Waals surface area contributed by atoms with Crippen LogP contribution in [0.15, 0.2) is 54.0 Å². The third kappa shape index (κ3) is 4.08. The van der Waals surface area contributed by atoms with Crippen LogP contribution in [0.4, 0.5) is 4.79 Å². The zero-order valence-electron chi connectivity index (χ0n) is 16.5. The minimum atomic E-state index is 0.0559.